The molecular formula is C42H43F2N5O5. The fourth-order valence-electron chi connectivity index (χ4n) is 8.08. The first-order valence-corrected chi connectivity index (χ1v) is 18.4. The second kappa shape index (κ2) is 15.9. The summed E-state index contributed by atoms with van der Waals surface area (Å²) < 4.78 is 32.1. The number of benzene rings is 3. The molecule has 3 aromatic carbocycles. The predicted molar refractivity (Wildman–Crippen MR) is 200 cm³/mol. The third-order valence-corrected chi connectivity index (χ3v) is 11.0. The van der Waals surface area contributed by atoms with E-state index in [0.717, 1.165) is 43.1 Å². The molecule has 5 atom stereocenters. The lowest BCUT2D eigenvalue weighted by Crippen LogP contribution is -2.58. The van der Waals surface area contributed by atoms with Gasteiger partial charge in [-0.3, -0.25) is 19.5 Å². The fraction of sp³-hybridized carbons (Fsp3) is 0.333. The van der Waals surface area contributed by atoms with Crippen LogP contribution in [-0.2, 0) is 11.2 Å². The minimum atomic E-state index is -1.03. The molecule has 1 aliphatic heterocycles. The molecule has 0 unspecified atom stereocenters. The number of nitrogens with two attached hydrogens (primary N) is 1. The molecule has 0 spiro atoms. The number of nitrogen functional groups attached to an aromatic ring is 1. The number of aromatic nitrogens is 2. The number of aliphatic hydroxyl groups excluding tert-OH is 1. The molecule has 5 aromatic rings. The number of piperidine rings is 1. The summed E-state index contributed by atoms with van der Waals surface area (Å²) in [6.45, 7) is 2.96. The van der Waals surface area contributed by atoms with Gasteiger partial charge < -0.3 is 25.8 Å². The van der Waals surface area contributed by atoms with E-state index in [1.54, 1.807) is 0 Å². The number of anilines is 1. The summed E-state index contributed by atoms with van der Waals surface area (Å²) >= 11 is 0. The van der Waals surface area contributed by atoms with Gasteiger partial charge in [-0.25, -0.2) is 8.78 Å². The SMILES string of the molecule is C[C@H](c1ccccn1)c1ccc2c(c1N)Cc1ccccc1-2.O=C(N[C@@H]1CCN([C@H]2CCCC[C@@H]2O)C[C@H]1C(=O)O)c1cc(-c2ccc(F)cc2F)on1. The number of likely N-dealkylation sites (tertiary alicyclic amines) is 1. The van der Waals surface area contributed by atoms with Crippen molar-refractivity contribution in [1.82, 2.24) is 20.4 Å². The largest absolute Gasteiger partial charge is 0.481 e. The Morgan fingerprint density at radius 1 is 0.963 bits per heavy atom. The first kappa shape index (κ1) is 36.9. The summed E-state index contributed by atoms with van der Waals surface area (Å²) in [5.41, 5.74) is 14.7. The second-order valence-corrected chi connectivity index (χ2v) is 14.3. The number of amides is 1. The van der Waals surface area contributed by atoms with Gasteiger partial charge in [0.05, 0.1) is 17.6 Å². The topological polar surface area (TPSA) is 155 Å². The first-order chi connectivity index (χ1) is 26.1. The van der Waals surface area contributed by atoms with Gasteiger partial charge in [0.2, 0.25) is 0 Å². The Balaban J connectivity index is 0.000000178. The number of rotatable bonds is 7. The quantitative estimate of drug-likeness (QED) is 0.129. The predicted octanol–water partition coefficient (Wildman–Crippen LogP) is 6.82. The van der Waals surface area contributed by atoms with Crippen molar-refractivity contribution in [3.8, 4) is 22.5 Å². The van der Waals surface area contributed by atoms with E-state index >= 15 is 0 Å². The van der Waals surface area contributed by atoms with E-state index in [4.69, 9.17) is 10.3 Å². The summed E-state index contributed by atoms with van der Waals surface area (Å²) in [5.74, 6) is -3.93. The third kappa shape index (κ3) is 7.62. The van der Waals surface area contributed by atoms with Crippen molar-refractivity contribution in [2.75, 3.05) is 18.8 Å². The smallest absolute Gasteiger partial charge is 0.309 e. The van der Waals surface area contributed by atoms with Gasteiger partial charge in [0.1, 0.15) is 11.6 Å². The Morgan fingerprint density at radius 3 is 2.50 bits per heavy atom. The Kier molecular flexibility index (Phi) is 10.8. The molecule has 5 N–H and O–H groups in total. The monoisotopic (exact) mass is 735 g/mol. The lowest BCUT2D eigenvalue weighted by Gasteiger charge is -2.43. The summed E-state index contributed by atoms with van der Waals surface area (Å²) in [5, 5.41) is 26.4. The van der Waals surface area contributed by atoms with E-state index in [2.05, 4.69) is 64.8 Å². The molecule has 1 saturated heterocycles. The molecule has 2 fully saturated rings. The average Bonchev–Trinajstić information content (AvgIpc) is 3.82. The highest BCUT2D eigenvalue weighted by atomic mass is 19.1. The van der Waals surface area contributed by atoms with Crippen LogP contribution < -0.4 is 11.1 Å². The zero-order chi connectivity index (χ0) is 37.9. The number of pyridine rings is 1. The molecule has 10 nitrogen and oxygen atoms in total. The maximum absolute atomic E-state index is 14.0. The number of aliphatic hydroxyl groups is 1. The lowest BCUT2D eigenvalue weighted by molar-refractivity contribution is -0.145. The van der Waals surface area contributed by atoms with Crippen LogP contribution in [0.2, 0.25) is 0 Å². The zero-order valence-electron chi connectivity index (χ0n) is 29.9. The van der Waals surface area contributed by atoms with Crippen LogP contribution in [0.15, 0.2) is 89.6 Å². The number of halogens is 2. The van der Waals surface area contributed by atoms with E-state index in [0.29, 0.717) is 25.5 Å². The van der Waals surface area contributed by atoms with Crippen molar-refractivity contribution in [1.29, 1.82) is 0 Å². The third-order valence-electron chi connectivity index (χ3n) is 11.0. The number of nitrogens with zero attached hydrogens (tertiary/aromatic N) is 3. The van der Waals surface area contributed by atoms with Gasteiger partial charge in [-0.2, -0.15) is 0 Å². The van der Waals surface area contributed by atoms with Crippen LogP contribution >= 0.6 is 0 Å². The van der Waals surface area contributed by atoms with Gasteiger partial charge in [0, 0.05) is 67.2 Å². The van der Waals surface area contributed by atoms with Crippen LogP contribution in [0.5, 0.6) is 0 Å². The molecular weight excluding hydrogens is 692 g/mol. The standard InChI is InChI=1S/C22H25F2N3O5.C20H18N2/c23-12-5-6-13(15(24)9-12)20-10-17(26-32-20)21(29)25-16-7-8-27(11-14(16)22(30)31)18-3-1-2-4-19(18)28;1-13(19-8-4-5-11-22-19)15-9-10-17-16-7-3-2-6-14(16)12-18(17)20(15)21/h5-6,9-10,14,16,18-19,28H,1-4,7-8,11H2,(H,25,29)(H,30,31);2-11,13H,12,21H2,1H3/t14-,16-,18+,19+;13-/m10/s1. The number of hydrogen-bond donors (Lipinski definition) is 4. The fourth-order valence-corrected chi connectivity index (χ4v) is 8.08. The van der Waals surface area contributed by atoms with Crippen LogP contribution in [0.3, 0.4) is 0 Å². The zero-order valence-corrected chi connectivity index (χ0v) is 29.9. The first-order valence-electron chi connectivity index (χ1n) is 18.4. The molecule has 2 aliphatic carbocycles. The van der Waals surface area contributed by atoms with Gasteiger partial charge in [-0.1, -0.05) is 67.4 Å². The molecule has 8 rings (SSSR count). The summed E-state index contributed by atoms with van der Waals surface area (Å²) in [4.78, 5) is 31.1. The Morgan fingerprint density at radius 2 is 1.74 bits per heavy atom. The van der Waals surface area contributed by atoms with Crippen LogP contribution in [-0.4, -0.2) is 68.4 Å². The van der Waals surface area contributed by atoms with Crippen LogP contribution in [0.1, 0.15) is 77.8 Å². The van der Waals surface area contributed by atoms with Crippen molar-refractivity contribution in [3.63, 3.8) is 0 Å². The maximum atomic E-state index is 14.0. The van der Waals surface area contributed by atoms with Crippen molar-refractivity contribution in [3.05, 3.63) is 125 Å². The molecule has 2 aromatic heterocycles. The highest BCUT2D eigenvalue weighted by Gasteiger charge is 2.40. The molecule has 0 radical (unpaired) electrons. The van der Waals surface area contributed by atoms with Gasteiger partial charge in [-0.05, 0) is 71.3 Å². The van der Waals surface area contributed by atoms with Gasteiger partial charge in [0.25, 0.3) is 5.91 Å². The van der Waals surface area contributed by atoms with E-state index < -0.39 is 41.6 Å². The number of carboxylic acids is 1. The molecule has 54 heavy (non-hydrogen) atoms. The number of fused-ring (bicyclic) bond motifs is 3. The second-order valence-electron chi connectivity index (χ2n) is 14.3. The van der Waals surface area contributed by atoms with E-state index in [-0.39, 0.29) is 35.5 Å². The Labute approximate surface area is 312 Å². The van der Waals surface area contributed by atoms with Crippen molar-refractivity contribution < 1.29 is 33.1 Å². The van der Waals surface area contributed by atoms with Crippen molar-refractivity contribution >= 4 is 17.6 Å². The lowest BCUT2D eigenvalue weighted by atomic mass is 9.86. The number of carbonyl (C=O) groups excluding carboxylic acids is 1. The van der Waals surface area contributed by atoms with Gasteiger partial charge >= 0.3 is 5.97 Å². The number of hydrogen-bond acceptors (Lipinski definition) is 8. The van der Waals surface area contributed by atoms with Crippen LogP contribution in [0.4, 0.5) is 14.5 Å². The Bertz CT molecular complexity index is 2140. The molecule has 0 bridgehead atoms. The minimum Gasteiger partial charge on any atom is -0.481 e. The molecule has 1 amide bonds. The van der Waals surface area contributed by atoms with E-state index in [9.17, 15) is 28.6 Å². The molecule has 280 valence electrons. The summed E-state index contributed by atoms with van der Waals surface area (Å²) in [6.07, 6.45) is 6.21. The molecule has 1 saturated carbocycles. The molecule has 3 heterocycles. The highest BCUT2D eigenvalue weighted by molar-refractivity contribution is 5.93. The minimum absolute atomic E-state index is 0.0384. The Hall–Kier alpha value is -5.46. The summed E-state index contributed by atoms with van der Waals surface area (Å²) in [6, 6.07) is 22.5. The van der Waals surface area contributed by atoms with Gasteiger partial charge in [0.15, 0.2) is 11.5 Å². The van der Waals surface area contributed by atoms with Crippen LogP contribution in [0, 0.1) is 17.6 Å². The number of carbonyl (C=O) groups is 2. The number of nitrogens with one attached hydrogen (secondary N) is 1. The highest BCUT2D eigenvalue weighted by Crippen LogP contribution is 2.42. The summed E-state index contributed by atoms with van der Waals surface area (Å²) in [7, 11) is 0. The average molecular weight is 736 g/mol. The maximum Gasteiger partial charge on any atom is 0.309 e. The van der Waals surface area contributed by atoms with E-state index in [1.165, 1.54) is 39.9 Å². The van der Waals surface area contributed by atoms with E-state index in [1.807, 2.05) is 23.2 Å². The normalized spacial score (nSPS) is 21.3. The van der Waals surface area contributed by atoms with Gasteiger partial charge in [-0.15, -0.1) is 0 Å². The van der Waals surface area contributed by atoms with Crippen molar-refractivity contribution in [2.24, 2.45) is 5.92 Å². The van der Waals surface area contributed by atoms with Crippen molar-refractivity contribution in [2.45, 2.75) is 69.6 Å². The molecule has 3 aliphatic rings. The van der Waals surface area contributed by atoms with Crippen LogP contribution in [0.25, 0.3) is 22.5 Å². The molecule has 12 heteroatoms. The number of aliphatic carboxylic acids is 1. The number of carboxylic acid groups (broad SMARTS) is 1.